The van der Waals surface area contributed by atoms with Gasteiger partial charge in [0.25, 0.3) is 0 Å². The van der Waals surface area contributed by atoms with Crippen LogP contribution < -0.4 is 16.9 Å². The normalized spacial score (nSPS) is 12.4. The molecule has 0 atom stereocenters. The summed E-state index contributed by atoms with van der Waals surface area (Å²) >= 11 is 0. The van der Waals surface area contributed by atoms with Crippen molar-refractivity contribution in [3.05, 3.63) is 32.8 Å². The zero-order chi connectivity index (χ0) is 16.2. The highest BCUT2D eigenvalue weighted by Gasteiger charge is 2.19. The maximum Gasteiger partial charge on any atom is 0.316 e. The Kier molecular flexibility index (Phi) is 2.89. The van der Waals surface area contributed by atoms with Crippen LogP contribution in [0.5, 0.6) is 0 Å². The summed E-state index contributed by atoms with van der Waals surface area (Å²) < 4.78 is 2.97. The van der Waals surface area contributed by atoms with Gasteiger partial charge in [0, 0.05) is 7.05 Å². The zero-order valence-corrected chi connectivity index (χ0v) is 12.5. The summed E-state index contributed by atoms with van der Waals surface area (Å²) in [6.45, 7) is 3.61. The molecule has 2 aromatic heterocycles. The third-order valence-corrected chi connectivity index (χ3v) is 3.55. The van der Waals surface area contributed by atoms with Gasteiger partial charge in [-0.15, -0.1) is 0 Å². The van der Waals surface area contributed by atoms with Crippen molar-refractivity contribution in [2.24, 2.45) is 7.05 Å². The number of hydrogen-bond acceptors (Lipinski definition) is 5. The summed E-state index contributed by atoms with van der Waals surface area (Å²) in [5.74, 6) is 0.264. The van der Waals surface area contributed by atoms with Crippen LogP contribution in [0.25, 0.3) is 22.1 Å². The number of imidazole rings is 1. The molecular formula is C14H17N5O3. The van der Waals surface area contributed by atoms with Crippen LogP contribution in [0.15, 0.2) is 21.7 Å². The van der Waals surface area contributed by atoms with Crippen LogP contribution in [-0.4, -0.2) is 29.8 Å². The van der Waals surface area contributed by atoms with Crippen molar-refractivity contribution in [2.45, 2.75) is 26.0 Å². The van der Waals surface area contributed by atoms with Gasteiger partial charge in [0.15, 0.2) is 0 Å². The van der Waals surface area contributed by atoms with Crippen molar-refractivity contribution in [1.82, 2.24) is 19.1 Å². The second kappa shape index (κ2) is 4.44. The number of anilines is 1. The molecule has 0 saturated heterocycles. The standard InChI is InChI=1S/C14H17N5O3/c1-14(2,22)6-19-10-5-9-7(4-8(10)17-13(19)15)16-11(20)12(21)18(9)3/h4-5,22H,6H2,1-3H3,(H2,15,17)(H,16,20). The quantitative estimate of drug-likeness (QED) is 0.573. The maximum atomic E-state index is 11.8. The van der Waals surface area contributed by atoms with Gasteiger partial charge >= 0.3 is 11.1 Å². The Hall–Kier alpha value is -2.61. The lowest BCUT2D eigenvalue weighted by atomic mass is 10.1. The first-order valence-electron chi connectivity index (χ1n) is 6.78. The van der Waals surface area contributed by atoms with Gasteiger partial charge < -0.3 is 25.0 Å². The summed E-state index contributed by atoms with van der Waals surface area (Å²) in [5, 5.41) is 10.0. The summed E-state index contributed by atoms with van der Waals surface area (Å²) in [6, 6.07) is 3.40. The van der Waals surface area contributed by atoms with Crippen LogP contribution >= 0.6 is 0 Å². The van der Waals surface area contributed by atoms with E-state index in [9.17, 15) is 14.7 Å². The molecular weight excluding hydrogens is 286 g/mol. The second-order valence-corrected chi connectivity index (χ2v) is 6.04. The number of H-pyrrole nitrogens is 1. The molecule has 3 aromatic rings. The Morgan fingerprint density at radius 1 is 1.32 bits per heavy atom. The number of nitrogen functional groups attached to an aromatic ring is 1. The van der Waals surface area contributed by atoms with Crippen molar-refractivity contribution in [3.63, 3.8) is 0 Å². The number of rotatable bonds is 2. The van der Waals surface area contributed by atoms with E-state index in [4.69, 9.17) is 5.73 Å². The van der Waals surface area contributed by atoms with Crippen molar-refractivity contribution < 1.29 is 5.11 Å². The fraction of sp³-hybridized carbons (Fsp3) is 0.357. The molecule has 0 spiro atoms. The summed E-state index contributed by atoms with van der Waals surface area (Å²) in [5.41, 5.74) is 5.99. The number of nitrogens with zero attached hydrogens (tertiary/aromatic N) is 3. The molecule has 0 aliphatic carbocycles. The minimum Gasteiger partial charge on any atom is -0.389 e. The van der Waals surface area contributed by atoms with E-state index in [1.54, 1.807) is 30.5 Å². The summed E-state index contributed by atoms with van der Waals surface area (Å²) in [4.78, 5) is 30.1. The van der Waals surface area contributed by atoms with Crippen LogP contribution in [0, 0.1) is 0 Å². The first-order valence-corrected chi connectivity index (χ1v) is 6.78. The lowest BCUT2D eigenvalue weighted by Gasteiger charge is -2.19. The Morgan fingerprint density at radius 3 is 2.64 bits per heavy atom. The number of hydrogen-bond donors (Lipinski definition) is 3. The van der Waals surface area contributed by atoms with E-state index in [2.05, 4.69) is 9.97 Å². The topological polar surface area (TPSA) is 119 Å². The van der Waals surface area contributed by atoms with E-state index in [0.29, 0.717) is 22.1 Å². The molecule has 2 heterocycles. The molecule has 0 fully saturated rings. The number of nitrogens with one attached hydrogen (secondary N) is 1. The van der Waals surface area contributed by atoms with Gasteiger partial charge in [-0.1, -0.05) is 0 Å². The molecule has 8 heteroatoms. The zero-order valence-electron chi connectivity index (χ0n) is 12.5. The largest absolute Gasteiger partial charge is 0.389 e. The number of benzene rings is 1. The number of aliphatic hydroxyl groups is 1. The van der Waals surface area contributed by atoms with E-state index in [-0.39, 0.29) is 12.5 Å². The SMILES string of the molecule is Cn1c(=O)c(=O)[nH]c2cc3nc(N)n(CC(C)(C)O)c3cc21. The third kappa shape index (κ3) is 2.17. The number of fused-ring (bicyclic) bond motifs is 2. The van der Waals surface area contributed by atoms with Gasteiger partial charge in [-0.25, -0.2) is 4.98 Å². The monoisotopic (exact) mass is 303 g/mol. The van der Waals surface area contributed by atoms with Gasteiger partial charge in [0.05, 0.1) is 34.2 Å². The molecule has 0 amide bonds. The average molecular weight is 303 g/mol. The van der Waals surface area contributed by atoms with E-state index < -0.39 is 16.7 Å². The smallest absolute Gasteiger partial charge is 0.316 e. The Morgan fingerprint density at radius 2 is 2.00 bits per heavy atom. The number of aromatic amines is 1. The van der Waals surface area contributed by atoms with E-state index in [1.165, 1.54) is 11.6 Å². The van der Waals surface area contributed by atoms with Gasteiger partial charge in [0.2, 0.25) is 5.95 Å². The molecule has 0 radical (unpaired) electrons. The van der Waals surface area contributed by atoms with Crippen molar-refractivity contribution in [2.75, 3.05) is 5.73 Å². The molecule has 3 rings (SSSR count). The van der Waals surface area contributed by atoms with Crippen LogP contribution in [0.2, 0.25) is 0 Å². The van der Waals surface area contributed by atoms with Gasteiger partial charge in [-0.2, -0.15) is 0 Å². The highest BCUT2D eigenvalue weighted by Crippen LogP contribution is 2.24. The molecule has 22 heavy (non-hydrogen) atoms. The predicted molar refractivity (Wildman–Crippen MR) is 83.8 cm³/mol. The first-order chi connectivity index (χ1) is 10.2. The highest BCUT2D eigenvalue weighted by atomic mass is 16.3. The maximum absolute atomic E-state index is 11.8. The van der Waals surface area contributed by atoms with Gasteiger partial charge in [0.1, 0.15) is 0 Å². The summed E-state index contributed by atoms with van der Waals surface area (Å²) in [6.07, 6.45) is 0. The van der Waals surface area contributed by atoms with Crippen LogP contribution in [0.4, 0.5) is 5.95 Å². The molecule has 8 nitrogen and oxygen atoms in total. The molecule has 0 unspecified atom stereocenters. The highest BCUT2D eigenvalue weighted by molar-refractivity contribution is 5.92. The molecule has 0 saturated carbocycles. The molecule has 116 valence electrons. The van der Waals surface area contributed by atoms with Gasteiger partial charge in [-0.05, 0) is 26.0 Å². The van der Waals surface area contributed by atoms with Gasteiger partial charge in [-0.3, -0.25) is 9.59 Å². The average Bonchev–Trinajstić information content (AvgIpc) is 2.69. The number of nitrogens with two attached hydrogens (primary N) is 1. The van der Waals surface area contributed by atoms with Crippen LogP contribution in [0.3, 0.4) is 0 Å². The van der Waals surface area contributed by atoms with Crippen molar-refractivity contribution in [1.29, 1.82) is 0 Å². The van der Waals surface area contributed by atoms with Crippen molar-refractivity contribution >= 4 is 28.0 Å². The van der Waals surface area contributed by atoms with E-state index in [1.807, 2.05) is 0 Å². The van der Waals surface area contributed by atoms with Crippen LogP contribution in [0.1, 0.15) is 13.8 Å². The lowest BCUT2D eigenvalue weighted by Crippen LogP contribution is -2.34. The minimum atomic E-state index is -0.965. The number of aryl methyl sites for hydroxylation is 1. The van der Waals surface area contributed by atoms with E-state index >= 15 is 0 Å². The Balaban J connectivity index is 2.39. The molecule has 0 aliphatic heterocycles. The Labute approximate surface area is 124 Å². The van der Waals surface area contributed by atoms with Crippen LogP contribution in [-0.2, 0) is 13.6 Å². The number of aromatic nitrogens is 4. The summed E-state index contributed by atoms with van der Waals surface area (Å²) in [7, 11) is 1.53. The fourth-order valence-corrected chi connectivity index (χ4v) is 2.55. The third-order valence-electron chi connectivity index (χ3n) is 3.55. The Bertz CT molecular complexity index is 1000. The molecule has 0 bridgehead atoms. The first kappa shape index (κ1) is 14.3. The van der Waals surface area contributed by atoms with Crippen molar-refractivity contribution in [3.8, 4) is 0 Å². The molecule has 1 aromatic carbocycles. The second-order valence-electron chi connectivity index (χ2n) is 6.04. The fourth-order valence-electron chi connectivity index (χ4n) is 2.55. The van der Waals surface area contributed by atoms with E-state index in [0.717, 1.165) is 0 Å². The molecule has 4 N–H and O–H groups in total. The lowest BCUT2D eigenvalue weighted by molar-refractivity contribution is 0.0633. The molecule has 0 aliphatic rings. The minimum absolute atomic E-state index is 0.262. The predicted octanol–water partition coefficient (Wildman–Crippen LogP) is -0.0704.